The van der Waals surface area contributed by atoms with Gasteiger partial charge in [-0.3, -0.25) is 9.59 Å². The number of nitrogens with one attached hydrogen (secondary N) is 2. The summed E-state index contributed by atoms with van der Waals surface area (Å²) >= 11 is 5.82. The third kappa shape index (κ3) is 3.49. The van der Waals surface area contributed by atoms with Crippen LogP contribution in [-0.2, 0) is 9.59 Å². The average Bonchev–Trinajstić information content (AvgIpc) is 2.32. The molecule has 0 spiro atoms. The Morgan fingerprint density at radius 1 is 1.35 bits per heavy atom. The van der Waals surface area contributed by atoms with Gasteiger partial charge in [-0.1, -0.05) is 17.7 Å². The first-order valence-electron chi connectivity index (χ1n) is 6.56. The summed E-state index contributed by atoms with van der Waals surface area (Å²) in [5.74, 6) is -1.00. The second kappa shape index (κ2) is 6.24. The van der Waals surface area contributed by atoms with Gasteiger partial charge >= 0.3 is 5.97 Å². The molecular weight excluding hydrogens is 280 g/mol. The van der Waals surface area contributed by atoms with Crippen LogP contribution in [0.5, 0.6) is 0 Å². The van der Waals surface area contributed by atoms with Gasteiger partial charge < -0.3 is 15.7 Å². The highest BCUT2D eigenvalue weighted by molar-refractivity contribution is 6.30. The van der Waals surface area contributed by atoms with E-state index < -0.39 is 11.5 Å². The summed E-state index contributed by atoms with van der Waals surface area (Å²) in [6.07, 6.45) is 2.38. The van der Waals surface area contributed by atoms with E-state index in [0.29, 0.717) is 30.1 Å². The molecule has 0 radical (unpaired) electrons. The molecule has 108 valence electrons. The lowest BCUT2D eigenvalue weighted by Crippen LogP contribution is -2.57. The van der Waals surface area contributed by atoms with Gasteiger partial charge in [0.15, 0.2) is 0 Å². The van der Waals surface area contributed by atoms with Gasteiger partial charge in [-0.2, -0.15) is 0 Å². The molecule has 1 fully saturated rings. The second-order valence-corrected chi connectivity index (χ2v) is 5.41. The minimum Gasteiger partial charge on any atom is -0.480 e. The number of anilines is 1. The number of hydrogen-bond acceptors (Lipinski definition) is 3. The van der Waals surface area contributed by atoms with Crippen molar-refractivity contribution in [2.75, 3.05) is 11.9 Å². The molecule has 20 heavy (non-hydrogen) atoms. The van der Waals surface area contributed by atoms with Crippen LogP contribution in [-0.4, -0.2) is 29.1 Å². The first kappa shape index (κ1) is 14.8. The van der Waals surface area contributed by atoms with Crippen LogP contribution >= 0.6 is 11.6 Å². The van der Waals surface area contributed by atoms with Crippen LogP contribution in [0, 0.1) is 0 Å². The van der Waals surface area contributed by atoms with Crippen molar-refractivity contribution in [2.24, 2.45) is 0 Å². The molecule has 1 aromatic carbocycles. The maximum Gasteiger partial charge on any atom is 0.323 e. The fourth-order valence-electron chi connectivity index (χ4n) is 2.20. The van der Waals surface area contributed by atoms with E-state index in [1.54, 1.807) is 24.3 Å². The number of rotatable bonds is 6. The molecule has 0 atom stereocenters. The Hall–Kier alpha value is -1.59. The van der Waals surface area contributed by atoms with Crippen LogP contribution in [0.2, 0.25) is 5.02 Å². The zero-order chi connectivity index (χ0) is 14.6. The van der Waals surface area contributed by atoms with Crippen LogP contribution < -0.4 is 10.6 Å². The van der Waals surface area contributed by atoms with E-state index >= 15 is 0 Å². The number of amides is 1. The molecule has 1 amide bonds. The topological polar surface area (TPSA) is 78.4 Å². The molecule has 0 bridgehead atoms. The zero-order valence-corrected chi connectivity index (χ0v) is 11.7. The fraction of sp³-hybridized carbons (Fsp3) is 0.429. The number of halogens is 1. The van der Waals surface area contributed by atoms with Gasteiger partial charge in [0, 0.05) is 23.7 Å². The van der Waals surface area contributed by atoms with Crippen molar-refractivity contribution in [3.63, 3.8) is 0 Å². The van der Waals surface area contributed by atoms with Gasteiger partial charge in [-0.15, -0.1) is 0 Å². The van der Waals surface area contributed by atoms with Crippen LogP contribution in [0.25, 0.3) is 0 Å². The van der Waals surface area contributed by atoms with Crippen LogP contribution in [0.4, 0.5) is 5.69 Å². The molecule has 0 aromatic heterocycles. The van der Waals surface area contributed by atoms with Crippen LogP contribution in [0.15, 0.2) is 24.3 Å². The van der Waals surface area contributed by atoms with Gasteiger partial charge in [-0.25, -0.2) is 0 Å². The standard InChI is InChI=1S/C14H17ClN2O3/c15-10-3-1-4-11(9-10)17-12(18)5-8-16-14(13(19)20)6-2-7-14/h1,3-4,9,16H,2,5-8H2,(H,17,18)(H,19,20). The molecule has 3 N–H and O–H groups in total. The monoisotopic (exact) mass is 296 g/mol. The minimum atomic E-state index is -0.834. The molecule has 1 aliphatic rings. The summed E-state index contributed by atoms with van der Waals surface area (Å²) in [4.78, 5) is 22.9. The van der Waals surface area contributed by atoms with Gasteiger partial charge in [0.25, 0.3) is 0 Å². The van der Waals surface area contributed by atoms with E-state index in [-0.39, 0.29) is 12.3 Å². The van der Waals surface area contributed by atoms with Crippen molar-refractivity contribution in [3.05, 3.63) is 29.3 Å². The Kier molecular flexibility index (Phi) is 4.62. The van der Waals surface area contributed by atoms with E-state index in [0.717, 1.165) is 6.42 Å². The number of aliphatic carboxylic acids is 1. The van der Waals surface area contributed by atoms with Crippen molar-refractivity contribution in [3.8, 4) is 0 Å². The number of carbonyl (C=O) groups is 2. The van der Waals surface area contributed by atoms with Crippen molar-refractivity contribution < 1.29 is 14.7 Å². The van der Waals surface area contributed by atoms with Crippen molar-refractivity contribution in [1.29, 1.82) is 0 Å². The summed E-state index contributed by atoms with van der Waals surface area (Å²) < 4.78 is 0. The highest BCUT2D eigenvalue weighted by atomic mass is 35.5. The van der Waals surface area contributed by atoms with E-state index in [2.05, 4.69) is 10.6 Å². The molecule has 0 saturated heterocycles. The smallest absolute Gasteiger partial charge is 0.323 e. The largest absolute Gasteiger partial charge is 0.480 e. The Labute approximate surface area is 122 Å². The lowest BCUT2D eigenvalue weighted by molar-refractivity contribution is -0.149. The van der Waals surface area contributed by atoms with Gasteiger partial charge in [-0.05, 0) is 37.5 Å². The number of carbonyl (C=O) groups excluding carboxylic acids is 1. The van der Waals surface area contributed by atoms with E-state index in [1.807, 2.05) is 0 Å². The quantitative estimate of drug-likeness (QED) is 0.752. The van der Waals surface area contributed by atoms with E-state index in [4.69, 9.17) is 16.7 Å². The third-order valence-electron chi connectivity index (χ3n) is 3.54. The third-order valence-corrected chi connectivity index (χ3v) is 3.78. The van der Waals surface area contributed by atoms with Gasteiger partial charge in [0.2, 0.25) is 5.91 Å². The summed E-state index contributed by atoms with van der Waals surface area (Å²) in [5.41, 5.74) is -0.185. The molecule has 0 heterocycles. The van der Waals surface area contributed by atoms with Gasteiger partial charge in [0.1, 0.15) is 5.54 Å². The van der Waals surface area contributed by atoms with Crippen LogP contribution in [0.1, 0.15) is 25.7 Å². The van der Waals surface area contributed by atoms with Crippen molar-refractivity contribution >= 4 is 29.2 Å². The molecular formula is C14H17ClN2O3. The lowest BCUT2D eigenvalue weighted by atomic mass is 9.77. The van der Waals surface area contributed by atoms with E-state index in [9.17, 15) is 9.59 Å². The SMILES string of the molecule is O=C(CCNC1(C(=O)O)CCC1)Nc1cccc(Cl)c1. The molecule has 6 heteroatoms. The summed E-state index contributed by atoms with van der Waals surface area (Å²) in [7, 11) is 0. The predicted octanol–water partition coefficient (Wildman–Crippen LogP) is 2.27. The molecule has 1 saturated carbocycles. The number of carboxylic acid groups (broad SMARTS) is 1. The molecule has 1 aromatic rings. The number of benzene rings is 1. The molecule has 1 aliphatic carbocycles. The molecule has 0 unspecified atom stereocenters. The lowest BCUT2D eigenvalue weighted by Gasteiger charge is -2.38. The highest BCUT2D eigenvalue weighted by Crippen LogP contribution is 2.31. The summed E-state index contributed by atoms with van der Waals surface area (Å²) in [6.45, 7) is 0.346. The normalized spacial score (nSPS) is 16.2. The first-order chi connectivity index (χ1) is 9.52. The average molecular weight is 297 g/mol. The van der Waals surface area contributed by atoms with E-state index in [1.165, 1.54) is 0 Å². The predicted molar refractivity (Wildman–Crippen MR) is 76.9 cm³/mol. The Balaban J connectivity index is 1.77. The maximum atomic E-state index is 11.7. The van der Waals surface area contributed by atoms with Gasteiger partial charge in [0.05, 0.1) is 0 Å². The Morgan fingerprint density at radius 2 is 2.10 bits per heavy atom. The number of carboxylic acids is 1. The Morgan fingerprint density at radius 3 is 2.65 bits per heavy atom. The summed E-state index contributed by atoms with van der Waals surface area (Å²) in [5, 5.41) is 15.4. The molecule has 5 nitrogen and oxygen atoms in total. The van der Waals surface area contributed by atoms with Crippen molar-refractivity contribution in [2.45, 2.75) is 31.2 Å². The second-order valence-electron chi connectivity index (χ2n) is 4.98. The molecule has 2 rings (SSSR count). The highest BCUT2D eigenvalue weighted by Gasteiger charge is 2.43. The zero-order valence-electron chi connectivity index (χ0n) is 11.0. The number of hydrogen-bond donors (Lipinski definition) is 3. The van der Waals surface area contributed by atoms with Crippen LogP contribution in [0.3, 0.4) is 0 Å². The molecule has 0 aliphatic heterocycles. The summed E-state index contributed by atoms with van der Waals surface area (Å²) in [6, 6.07) is 6.90. The van der Waals surface area contributed by atoms with Crippen molar-refractivity contribution in [1.82, 2.24) is 5.32 Å². The maximum absolute atomic E-state index is 11.7. The first-order valence-corrected chi connectivity index (χ1v) is 6.93. The minimum absolute atomic E-state index is 0.167. The Bertz CT molecular complexity index is 515. The fourth-order valence-corrected chi connectivity index (χ4v) is 2.39.